The molecule has 8 nitrogen and oxygen atoms in total. The zero-order valence-electron chi connectivity index (χ0n) is 22.9. The van der Waals surface area contributed by atoms with E-state index in [0.29, 0.717) is 45.1 Å². The zero-order chi connectivity index (χ0) is 29.1. The molecule has 0 aromatic heterocycles. The van der Waals surface area contributed by atoms with Crippen molar-refractivity contribution in [2.45, 2.75) is 63.2 Å². The molecule has 2 unspecified atom stereocenters. The molecule has 2 amide bonds. The van der Waals surface area contributed by atoms with E-state index < -0.39 is 24.0 Å². The molecule has 0 bridgehead atoms. The zero-order valence-corrected chi connectivity index (χ0v) is 23.7. The van der Waals surface area contributed by atoms with Gasteiger partial charge in [-0.3, -0.25) is 14.5 Å². The van der Waals surface area contributed by atoms with E-state index in [4.69, 9.17) is 21.1 Å². The van der Waals surface area contributed by atoms with Gasteiger partial charge >= 0.3 is 18.0 Å². The molecule has 1 aliphatic carbocycles. The number of nitrogens with one attached hydrogen (secondary N) is 1. The van der Waals surface area contributed by atoms with Crippen molar-refractivity contribution in [1.29, 1.82) is 0 Å². The molecule has 1 saturated heterocycles. The quantitative estimate of drug-likeness (QED) is 0.301. The van der Waals surface area contributed by atoms with Gasteiger partial charge in [-0.15, -0.1) is 0 Å². The fourth-order valence-electron chi connectivity index (χ4n) is 5.93. The van der Waals surface area contributed by atoms with Crippen LogP contribution in [-0.2, 0) is 25.5 Å². The van der Waals surface area contributed by atoms with E-state index in [1.165, 1.54) is 30.2 Å². The molecule has 0 radical (unpaired) electrons. The number of anilines is 2. The molecule has 2 aromatic rings. The van der Waals surface area contributed by atoms with Crippen molar-refractivity contribution in [2.75, 3.05) is 37.0 Å². The molecular weight excluding hydrogens is 556 g/mol. The summed E-state index contributed by atoms with van der Waals surface area (Å²) in [5.41, 5.74) is 1.99. The number of hydrogen-bond acceptors (Lipinski definition) is 6. The van der Waals surface area contributed by atoms with E-state index in [2.05, 4.69) is 5.32 Å². The maximum absolute atomic E-state index is 16.5. The summed E-state index contributed by atoms with van der Waals surface area (Å²) in [6.07, 6.45) is 0.648. The molecule has 1 saturated carbocycles. The summed E-state index contributed by atoms with van der Waals surface area (Å²) < 4.78 is 42.8. The van der Waals surface area contributed by atoms with Gasteiger partial charge < -0.3 is 14.8 Å². The number of methoxy groups -OCH3 is 1. The number of carbonyl (C=O) groups excluding carboxylic acids is 3. The number of carbonyl (C=O) groups is 3. The van der Waals surface area contributed by atoms with Crippen LogP contribution in [0.1, 0.15) is 55.8 Å². The third kappa shape index (κ3) is 6.10. The number of para-hydroxylation sites is 1. The molecular formula is C30H34ClF2N3O5. The second-order valence-electron chi connectivity index (χ2n) is 10.8. The first kappa shape index (κ1) is 29.4. The number of Topliss-reactive ketones (excluding diaryl/α,β-unsaturated/α-hetero) is 1. The van der Waals surface area contributed by atoms with Crippen molar-refractivity contribution < 1.29 is 32.6 Å². The van der Waals surface area contributed by atoms with Crippen LogP contribution in [0.25, 0.3) is 0 Å². The van der Waals surface area contributed by atoms with Crippen LogP contribution in [0.5, 0.6) is 0 Å². The van der Waals surface area contributed by atoms with Gasteiger partial charge in [0.1, 0.15) is 0 Å². The third-order valence-corrected chi connectivity index (χ3v) is 8.55. The van der Waals surface area contributed by atoms with E-state index in [9.17, 15) is 14.4 Å². The number of esters is 1. The van der Waals surface area contributed by atoms with Crippen LogP contribution in [0.3, 0.4) is 0 Å². The summed E-state index contributed by atoms with van der Waals surface area (Å²) in [6, 6.07) is 11.2. The van der Waals surface area contributed by atoms with E-state index >= 15 is 8.78 Å². The number of amides is 2. The summed E-state index contributed by atoms with van der Waals surface area (Å²) in [4.78, 5) is 41.0. The molecule has 2 atom stereocenters. The van der Waals surface area contributed by atoms with Gasteiger partial charge in [0, 0.05) is 25.3 Å². The Kier molecular flexibility index (Phi) is 8.91. The Balaban J connectivity index is 1.28. The Morgan fingerprint density at radius 3 is 2.44 bits per heavy atom. The van der Waals surface area contributed by atoms with Crippen LogP contribution >= 0.6 is 11.6 Å². The maximum Gasteiger partial charge on any atom is 0.333 e. The fourth-order valence-corrected chi connectivity index (χ4v) is 6.16. The largest absolute Gasteiger partial charge is 0.469 e. The summed E-state index contributed by atoms with van der Waals surface area (Å²) >= 11 is 6.39. The smallest absolute Gasteiger partial charge is 0.333 e. The van der Waals surface area contributed by atoms with Crippen LogP contribution in [0, 0.1) is 5.92 Å². The number of rotatable bonds is 8. The van der Waals surface area contributed by atoms with Crippen molar-refractivity contribution in [3.05, 3.63) is 58.6 Å². The normalized spacial score (nSPS) is 23.0. The van der Waals surface area contributed by atoms with Crippen LogP contribution in [0.15, 0.2) is 42.5 Å². The van der Waals surface area contributed by atoms with Crippen molar-refractivity contribution in [3.63, 3.8) is 0 Å². The van der Waals surface area contributed by atoms with Gasteiger partial charge in [-0.25, -0.2) is 14.1 Å². The number of likely N-dealkylation sites (tertiary alicyclic amines) is 1. The van der Waals surface area contributed by atoms with Crippen LogP contribution in [0.2, 0.25) is 5.02 Å². The van der Waals surface area contributed by atoms with Crippen LogP contribution < -0.4 is 10.2 Å². The average Bonchev–Trinajstić information content (AvgIpc) is 3.68. The molecule has 220 valence electrons. The van der Waals surface area contributed by atoms with Gasteiger partial charge in [-0.05, 0) is 74.3 Å². The summed E-state index contributed by atoms with van der Waals surface area (Å²) in [7, 11) is 1.32. The van der Waals surface area contributed by atoms with E-state index in [-0.39, 0.29) is 47.3 Å². The lowest BCUT2D eigenvalue weighted by molar-refractivity contribution is -0.255. The molecule has 2 aromatic carbocycles. The van der Waals surface area contributed by atoms with E-state index in [1.54, 1.807) is 4.90 Å². The molecule has 0 spiro atoms. The van der Waals surface area contributed by atoms with Crippen LogP contribution in [-0.4, -0.2) is 61.5 Å². The summed E-state index contributed by atoms with van der Waals surface area (Å²) in [5, 5.41) is 2.76. The highest BCUT2D eigenvalue weighted by molar-refractivity contribution is 6.34. The highest BCUT2D eigenvalue weighted by Crippen LogP contribution is 2.38. The first-order valence-corrected chi connectivity index (χ1v) is 14.4. The number of nitrogens with zero attached hydrogens (tertiary/aromatic N) is 2. The van der Waals surface area contributed by atoms with Crippen LogP contribution in [0.4, 0.5) is 25.0 Å². The molecule has 1 N–H and O–H groups in total. The molecule has 41 heavy (non-hydrogen) atoms. The highest BCUT2D eigenvalue weighted by atomic mass is 35.5. The molecule has 11 heteroatoms. The number of fused-ring (bicyclic) bond motifs is 1. The van der Waals surface area contributed by atoms with E-state index in [1.807, 2.05) is 24.3 Å². The van der Waals surface area contributed by atoms with E-state index in [0.717, 1.165) is 17.7 Å². The molecule has 2 heterocycles. The minimum absolute atomic E-state index is 0.0199. The lowest BCUT2D eigenvalue weighted by Crippen LogP contribution is -2.55. The third-order valence-electron chi connectivity index (χ3n) is 8.24. The number of ether oxygens (including phenoxy) is 2. The van der Waals surface area contributed by atoms with Gasteiger partial charge in [-0.1, -0.05) is 35.9 Å². The Morgan fingerprint density at radius 1 is 1.05 bits per heavy atom. The highest BCUT2D eigenvalue weighted by Gasteiger charge is 2.52. The molecule has 5 rings (SSSR count). The van der Waals surface area contributed by atoms with Gasteiger partial charge in [0.15, 0.2) is 6.17 Å². The lowest BCUT2D eigenvalue weighted by atomic mass is 9.87. The first-order chi connectivity index (χ1) is 19.7. The summed E-state index contributed by atoms with van der Waals surface area (Å²) in [5.74, 6) is -4.93. The standard InChI is InChI=1S/C30H34ClF2N3O5/c1-40-28(38)20-8-11-22(12-9-20)41-30(33,35-15-4-5-16-35)27(37)26(32)21-10-13-24(23(31)18-21)34-29(39)36-17-14-19-6-2-3-7-25(19)36/h2-3,6-7,10,13,18,20,22,26H,4-5,8-9,11-12,14-17H2,1H3,(H,34,39). The van der Waals surface area contributed by atoms with Crippen molar-refractivity contribution >= 4 is 40.8 Å². The Labute approximate surface area is 242 Å². The molecule has 3 aliphatic rings. The number of hydrogen-bond donors (Lipinski definition) is 1. The monoisotopic (exact) mass is 589 g/mol. The predicted octanol–water partition coefficient (Wildman–Crippen LogP) is 5.98. The predicted molar refractivity (Wildman–Crippen MR) is 150 cm³/mol. The average molecular weight is 590 g/mol. The Hall–Kier alpha value is -3.08. The second-order valence-corrected chi connectivity index (χ2v) is 11.2. The lowest BCUT2D eigenvalue weighted by Gasteiger charge is -2.38. The van der Waals surface area contributed by atoms with Crippen molar-refractivity contribution in [3.8, 4) is 0 Å². The summed E-state index contributed by atoms with van der Waals surface area (Å²) in [6.45, 7) is 1.04. The Bertz CT molecular complexity index is 1300. The van der Waals surface area contributed by atoms with Crippen molar-refractivity contribution in [2.24, 2.45) is 5.92 Å². The van der Waals surface area contributed by atoms with Gasteiger partial charge in [0.25, 0.3) is 5.78 Å². The molecule has 2 fully saturated rings. The van der Waals surface area contributed by atoms with Gasteiger partial charge in [0.2, 0.25) is 0 Å². The first-order valence-electron chi connectivity index (χ1n) is 14.0. The number of ketones is 1. The SMILES string of the molecule is COC(=O)C1CCC(OC(F)(C(=O)C(F)c2ccc(NC(=O)N3CCc4ccccc43)c(Cl)c2)N2CCCC2)CC1. The maximum atomic E-state index is 16.5. The number of halogens is 3. The minimum atomic E-state index is -2.96. The Morgan fingerprint density at radius 2 is 1.76 bits per heavy atom. The number of urea groups is 1. The van der Waals surface area contributed by atoms with Crippen molar-refractivity contribution in [1.82, 2.24) is 4.90 Å². The molecule has 2 aliphatic heterocycles. The minimum Gasteiger partial charge on any atom is -0.469 e. The number of alkyl halides is 2. The fraction of sp³-hybridized carbons (Fsp3) is 0.500. The van der Waals surface area contributed by atoms with Gasteiger partial charge in [0.05, 0.1) is 29.8 Å². The van der Waals surface area contributed by atoms with Gasteiger partial charge in [-0.2, -0.15) is 4.39 Å². The second kappa shape index (κ2) is 12.4. The number of benzene rings is 2. The topological polar surface area (TPSA) is 88.2 Å².